The highest BCUT2D eigenvalue weighted by atomic mass is 127. The van der Waals surface area contributed by atoms with Gasteiger partial charge in [-0.25, -0.2) is 4.98 Å². The number of aryl methyl sites for hydroxylation is 2. The van der Waals surface area contributed by atoms with Gasteiger partial charge in [0.25, 0.3) is 0 Å². The summed E-state index contributed by atoms with van der Waals surface area (Å²) in [6.07, 6.45) is 5.14. The van der Waals surface area contributed by atoms with Gasteiger partial charge in [0, 0.05) is 24.2 Å². The lowest BCUT2D eigenvalue weighted by Crippen LogP contribution is -2.42. The van der Waals surface area contributed by atoms with Crippen LogP contribution in [-0.2, 0) is 19.4 Å². The van der Waals surface area contributed by atoms with Crippen LogP contribution < -0.4 is 10.6 Å². The Morgan fingerprint density at radius 2 is 2.04 bits per heavy atom. The molecule has 1 heterocycles. The molecule has 0 spiro atoms. The van der Waals surface area contributed by atoms with Gasteiger partial charge in [-0.15, -0.1) is 35.3 Å². The predicted octanol–water partition coefficient (Wildman–Crippen LogP) is 4.01. The molecule has 2 aromatic rings. The molecule has 0 aliphatic carbocycles. The lowest BCUT2D eigenvalue weighted by atomic mass is 10.1. The van der Waals surface area contributed by atoms with E-state index in [1.54, 1.807) is 18.4 Å². The van der Waals surface area contributed by atoms with Crippen LogP contribution in [-0.4, -0.2) is 24.0 Å². The van der Waals surface area contributed by atoms with Crippen molar-refractivity contribution in [2.45, 2.75) is 45.7 Å². The molecule has 1 aromatic heterocycles. The fourth-order valence-corrected chi connectivity index (χ4v) is 3.08. The number of rotatable bonds is 7. The molecule has 1 atom stereocenters. The highest BCUT2D eigenvalue weighted by Gasteiger charge is 2.07. The number of benzene rings is 1. The Hall–Kier alpha value is -1.15. The van der Waals surface area contributed by atoms with Crippen molar-refractivity contribution in [3.63, 3.8) is 0 Å². The van der Waals surface area contributed by atoms with Gasteiger partial charge in [0.15, 0.2) is 5.96 Å². The molecule has 0 fully saturated rings. The first-order valence-corrected chi connectivity index (χ1v) is 8.97. The summed E-state index contributed by atoms with van der Waals surface area (Å²) in [5.41, 5.74) is 1.37. The summed E-state index contributed by atoms with van der Waals surface area (Å²) >= 11 is 1.76. The van der Waals surface area contributed by atoms with Crippen molar-refractivity contribution < 1.29 is 0 Å². The number of nitrogens with one attached hydrogen (secondary N) is 2. The Kier molecular flexibility index (Phi) is 9.94. The maximum absolute atomic E-state index is 4.42. The number of hydrogen-bond donors (Lipinski definition) is 2. The van der Waals surface area contributed by atoms with Gasteiger partial charge in [-0.05, 0) is 31.7 Å². The summed E-state index contributed by atoms with van der Waals surface area (Å²) in [7, 11) is 1.80. The van der Waals surface area contributed by atoms with Crippen molar-refractivity contribution in [2.24, 2.45) is 4.99 Å². The van der Waals surface area contributed by atoms with Gasteiger partial charge in [0.05, 0.1) is 6.54 Å². The van der Waals surface area contributed by atoms with Crippen molar-refractivity contribution in [1.29, 1.82) is 0 Å². The SMILES string of the molecule is CCc1cnc(CNC(=NC)NC(C)CCc2ccccc2)s1.I. The minimum absolute atomic E-state index is 0. The summed E-state index contributed by atoms with van der Waals surface area (Å²) in [6, 6.07) is 10.9. The maximum atomic E-state index is 4.42. The van der Waals surface area contributed by atoms with E-state index < -0.39 is 0 Å². The number of halogens is 1. The lowest BCUT2D eigenvalue weighted by molar-refractivity contribution is 0.593. The molecular weight excluding hydrogens is 431 g/mol. The molecule has 0 amide bonds. The molecule has 0 saturated heterocycles. The van der Waals surface area contributed by atoms with Gasteiger partial charge in [0.2, 0.25) is 0 Å². The largest absolute Gasteiger partial charge is 0.354 e. The maximum Gasteiger partial charge on any atom is 0.191 e. The van der Waals surface area contributed by atoms with E-state index in [9.17, 15) is 0 Å². The number of aliphatic imine (C=N–C) groups is 1. The highest BCUT2D eigenvalue weighted by Crippen LogP contribution is 2.12. The van der Waals surface area contributed by atoms with Crippen molar-refractivity contribution in [2.75, 3.05) is 7.05 Å². The summed E-state index contributed by atoms with van der Waals surface area (Å²) in [4.78, 5) is 10.0. The van der Waals surface area contributed by atoms with Crippen molar-refractivity contribution in [3.05, 3.63) is 52.0 Å². The summed E-state index contributed by atoms with van der Waals surface area (Å²) in [5, 5.41) is 7.88. The Bertz CT molecular complexity index is 612. The molecule has 0 aliphatic rings. The van der Waals surface area contributed by atoms with Crippen LogP contribution in [0.5, 0.6) is 0 Å². The first-order valence-electron chi connectivity index (χ1n) is 8.16. The second kappa shape index (κ2) is 11.4. The van der Waals surface area contributed by atoms with Crippen LogP contribution in [0.2, 0.25) is 0 Å². The molecule has 2 rings (SSSR count). The molecule has 1 unspecified atom stereocenters. The molecule has 0 aliphatic heterocycles. The van der Waals surface area contributed by atoms with Crippen molar-refractivity contribution in [1.82, 2.24) is 15.6 Å². The smallest absolute Gasteiger partial charge is 0.191 e. The van der Waals surface area contributed by atoms with E-state index in [4.69, 9.17) is 0 Å². The topological polar surface area (TPSA) is 49.3 Å². The molecule has 0 radical (unpaired) electrons. The van der Waals surface area contributed by atoms with Crippen LogP contribution in [0.25, 0.3) is 0 Å². The summed E-state index contributed by atoms with van der Waals surface area (Å²) in [5.74, 6) is 0.832. The predicted molar refractivity (Wildman–Crippen MR) is 114 cm³/mol. The third-order valence-corrected chi connectivity index (χ3v) is 4.81. The fourth-order valence-electron chi connectivity index (χ4n) is 2.28. The Morgan fingerprint density at radius 1 is 1.29 bits per heavy atom. The Morgan fingerprint density at radius 3 is 2.67 bits per heavy atom. The van der Waals surface area contributed by atoms with E-state index in [2.05, 4.69) is 64.8 Å². The van der Waals surface area contributed by atoms with E-state index in [1.807, 2.05) is 6.20 Å². The van der Waals surface area contributed by atoms with Gasteiger partial charge in [0.1, 0.15) is 5.01 Å². The number of hydrogen-bond acceptors (Lipinski definition) is 3. The molecule has 132 valence electrons. The number of guanidine groups is 1. The zero-order chi connectivity index (χ0) is 16.5. The molecule has 4 nitrogen and oxygen atoms in total. The molecular formula is C18H27IN4S. The lowest BCUT2D eigenvalue weighted by Gasteiger charge is -2.17. The Labute approximate surface area is 166 Å². The molecule has 0 saturated carbocycles. The first kappa shape index (κ1) is 20.9. The zero-order valence-electron chi connectivity index (χ0n) is 14.6. The zero-order valence-corrected chi connectivity index (χ0v) is 17.7. The minimum atomic E-state index is 0. The summed E-state index contributed by atoms with van der Waals surface area (Å²) in [6.45, 7) is 5.06. The van der Waals surface area contributed by atoms with Gasteiger partial charge in [-0.3, -0.25) is 4.99 Å². The second-order valence-electron chi connectivity index (χ2n) is 5.57. The van der Waals surface area contributed by atoms with E-state index in [0.717, 1.165) is 36.8 Å². The third-order valence-electron chi connectivity index (χ3n) is 3.67. The van der Waals surface area contributed by atoms with Crippen LogP contribution >= 0.6 is 35.3 Å². The van der Waals surface area contributed by atoms with Crippen molar-refractivity contribution >= 4 is 41.3 Å². The van der Waals surface area contributed by atoms with Crippen LogP contribution in [0.15, 0.2) is 41.5 Å². The second-order valence-corrected chi connectivity index (χ2v) is 6.77. The van der Waals surface area contributed by atoms with Gasteiger partial charge in [-0.1, -0.05) is 37.3 Å². The van der Waals surface area contributed by atoms with Crippen LogP contribution in [0.1, 0.15) is 35.7 Å². The van der Waals surface area contributed by atoms with Gasteiger partial charge in [-0.2, -0.15) is 0 Å². The molecule has 1 aromatic carbocycles. The van der Waals surface area contributed by atoms with E-state index >= 15 is 0 Å². The van der Waals surface area contributed by atoms with Gasteiger partial charge < -0.3 is 10.6 Å². The van der Waals surface area contributed by atoms with Crippen LogP contribution in [0.3, 0.4) is 0 Å². The van der Waals surface area contributed by atoms with Crippen molar-refractivity contribution in [3.8, 4) is 0 Å². The van der Waals surface area contributed by atoms with E-state index in [-0.39, 0.29) is 24.0 Å². The van der Waals surface area contributed by atoms with E-state index in [1.165, 1.54) is 10.4 Å². The summed E-state index contributed by atoms with van der Waals surface area (Å²) < 4.78 is 0. The Balaban J connectivity index is 0.00000288. The van der Waals surface area contributed by atoms with E-state index in [0.29, 0.717) is 6.04 Å². The monoisotopic (exact) mass is 458 g/mol. The fraction of sp³-hybridized carbons (Fsp3) is 0.444. The van der Waals surface area contributed by atoms with Crippen LogP contribution in [0, 0.1) is 0 Å². The highest BCUT2D eigenvalue weighted by molar-refractivity contribution is 14.0. The third kappa shape index (κ3) is 7.17. The van der Waals surface area contributed by atoms with Gasteiger partial charge >= 0.3 is 0 Å². The number of nitrogens with zero attached hydrogens (tertiary/aromatic N) is 2. The molecule has 2 N–H and O–H groups in total. The number of thiazole rings is 1. The number of aromatic nitrogens is 1. The molecule has 24 heavy (non-hydrogen) atoms. The quantitative estimate of drug-likeness (QED) is 0.375. The molecule has 0 bridgehead atoms. The van der Waals surface area contributed by atoms with Crippen LogP contribution in [0.4, 0.5) is 0 Å². The standard InChI is InChI=1S/C18H26N4S.HI/c1-4-16-12-20-17(23-16)13-21-18(19-3)22-14(2)10-11-15-8-6-5-7-9-15;/h5-9,12,14H,4,10-11,13H2,1-3H3,(H2,19,21,22);1H. The normalized spacial score (nSPS) is 12.4. The average molecular weight is 458 g/mol. The first-order chi connectivity index (χ1) is 11.2. The minimum Gasteiger partial charge on any atom is -0.354 e. The average Bonchev–Trinajstić information content (AvgIpc) is 3.05. The molecule has 6 heteroatoms.